The normalized spacial score (nSPS) is 13.7. The molecule has 0 saturated carbocycles. The maximum absolute atomic E-state index is 12.7. The van der Waals surface area contributed by atoms with E-state index < -0.39 is 26.5 Å². The Morgan fingerprint density at radius 1 is 0.437 bits per heavy atom. The van der Waals surface area contributed by atoms with Crippen LogP contribution < -0.4 is 5.73 Å². The van der Waals surface area contributed by atoms with Crippen LogP contribution in [-0.4, -0.2) is 49.3 Å². The molecule has 0 spiro atoms. The van der Waals surface area contributed by atoms with Crippen LogP contribution in [0.4, 0.5) is 0 Å². The van der Waals surface area contributed by atoms with Gasteiger partial charge in [-0.2, -0.15) is 0 Å². The number of carbonyl (C=O) groups excluding carboxylic acids is 2. The number of allylic oxidation sites excluding steroid dienone is 14. The maximum atomic E-state index is 12.7. The van der Waals surface area contributed by atoms with Crippen molar-refractivity contribution in [2.45, 2.75) is 264 Å². The summed E-state index contributed by atoms with van der Waals surface area (Å²) in [6.45, 7) is 3.63. The summed E-state index contributed by atoms with van der Waals surface area (Å²) in [7, 11) is -4.38. The fraction of sp³-hybridized carbons (Fsp3) is 0.738. The molecule has 0 amide bonds. The first-order chi connectivity index (χ1) is 34.8. The Hall–Kier alpha value is -2.81. The standard InChI is InChI=1S/C61H108NO8P/c1-3-5-7-9-11-13-15-16-17-18-19-20-21-22-23-24-25-26-27-28-29-30-31-32-33-34-35-36-37-38-39-40-41-42-44-46-48-50-52-54-61(64)70-59(58-69-71(65,66)68-56-55-62)57-67-60(63)53-51-49-47-45-43-14-12-10-8-6-4-2/h5,7,11,13,16-17,19-20,22-23,25-26,28-29,59H,3-4,6,8-10,12,14-15,18,21,24,27,30-58,62H2,1-2H3,(H,65,66)/b7-5-,13-11-,17-16-,20-19-,23-22-,26-25-,29-28-. The fourth-order valence-electron chi connectivity index (χ4n) is 8.03. The summed E-state index contributed by atoms with van der Waals surface area (Å²) < 4.78 is 32.9. The molecule has 0 aromatic rings. The first kappa shape index (κ1) is 68.2. The molecule has 0 aliphatic carbocycles. The highest BCUT2D eigenvalue weighted by molar-refractivity contribution is 7.47. The van der Waals surface area contributed by atoms with E-state index in [4.69, 9.17) is 24.3 Å². The minimum absolute atomic E-state index is 0.0532. The highest BCUT2D eigenvalue weighted by Gasteiger charge is 2.26. The van der Waals surface area contributed by atoms with Crippen molar-refractivity contribution in [1.82, 2.24) is 0 Å². The van der Waals surface area contributed by atoms with Gasteiger partial charge in [-0.05, 0) is 70.6 Å². The summed E-state index contributed by atoms with van der Waals surface area (Å²) in [4.78, 5) is 35.0. The van der Waals surface area contributed by atoms with E-state index in [2.05, 4.69) is 98.9 Å². The van der Waals surface area contributed by atoms with Gasteiger partial charge in [0.05, 0.1) is 13.2 Å². The molecule has 0 rings (SSSR count). The highest BCUT2D eigenvalue weighted by atomic mass is 31.2. The molecular weight excluding hydrogens is 906 g/mol. The van der Waals surface area contributed by atoms with E-state index in [1.54, 1.807) is 0 Å². The monoisotopic (exact) mass is 1010 g/mol. The zero-order valence-corrected chi connectivity index (χ0v) is 46.6. The zero-order valence-electron chi connectivity index (χ0n) is 45.7. The smallest absolute Gasteiger partial charge is 0.462 e. The SMILES string of the molecule is CC/C=C\C/C=C\C/C=C\C/C=C\C/C=C\C/C=C\C/C=C\CCCCCCCCCCCCCCCCCCCC(=O)OC(COC(=O)CCCCCCCCCCCCC)COP(=O)(O)OCCN. The Morgan fingerprint density at radius 2 is 0.775 bits per heavy atom. The quantitative estimate of drug-likeness (QED) is 0.0264. The van der Waals surface area contributed by atoms with Crippen LogP contribution in [0.25, 0.3) is 0 Å². The van der Waals surface area contributed by atoms with Crippen LogP contribution >= 0.6 is 7.82 Å². The highest BCUT2D eigenvalue weighted by Crippen LogP contribution is 2.43. The lowest BCUT2D eigenvalue weighted by molar-refractivity contribution is -0.161. The fourth-order valence-corrected chi connectivity index (χ4v) is 8.79. The molecule has 0 aromatic heterocycles. The molecule has 2 atom stereocenters. The van der Waals surface area contributed by atoms with Crippen LogP contribution in [0, 0.1) is 0 Å². The van der Waals surface area contributed by atoms with Crippen LogP contribution in [0.5, 0.6) is 0 Å². The lowest BCUT2D eigenvalue weighted by Gasteiger charge is -2.19. The Morgan fingerprint density at radius 3 is 1.15 bits per heavy atom. The second-order valence-electron chi connectivity index (χ2n) is 19.1. The summed E-state index contributed by atoms with van der Waals surface area (Å²) in [6.07, 6.45) is 73.8. The predicted octanol–water partition coefficient (Wildman–Crippen LogP) is 18.3. The second-order valence-corrected chi connectivity index (χ2v) is 20.6. The van der Waals surface area contributed by atoms with Gasteiger partial charge in [-0.25, -0.2) is 4.57 Å². The lowest BCUT2D eigenvalue weighted by Crippen LogP contribution is -2.29. The van der Waals surface area contributed by atoms with E-state index in [0.717, 1.165) is 83.5 Å². The van der Waals surface area contributed by atoms with Crippen molar-refractivity contribution in [2.24, 2.45) is 5.73 Å². The number of phosphoric ester groups is 1. The topological polar surface area (TPSA) is 134 Å². The Bertz CT molecular complexity index is 1440. The van der Waals surface area contributed by atoms with Crippen molar-refractivity contribution >= 4 is 19.8 Å². The molecule has 3 N–H and O–H groups in total. The van der Waals surface area contributed by atoms with E-state index in [1.807, 2.05) is 0 Å². The molecule has 0 bridgehead atoms. The van der Waals surface area contributed by atoms with Gasteiger partial charge in [-0.15, -0.1) is 0 Å². The van der Waals surface area contributed by atoms with Gasteiger partial charge in [-0.1, -0.05) is 259 Å². The van der Waals surface area contributed by atoms with Crippen molar-refractivity contribution in [3.05, 3.63) is 85.1 Å². The summed E-state index contributed by atoms with van der Waals surface area (Å²) >= 11 is 0. The zero-order chi connectivity index (χ0) is 51.7. The number of phosphoric acid groups is 1. The van der Waals surface area contributed by atoms with Crippen molar-refractivity contribution in [3.63, 3.8) is 0 Å². The second kappa shape index (κ2) is 56.5. The van der Waals surface area contributed by atoms with Crippen LogP contribution in [0.3, 0.4) is 0 Å². The van der Waals surface area contributed by atoms with Gasteiger partial charge >= 0.3 is 19.8 Å². The third-order valence-electron chi connectivity index (χ3n) is 12.3. The molecular formula is C61H108NO8P. The lowest BCUT2D eigenvalue weighted by atomic mass is 10.0. The van der Waals surface area contributed by atoms with Gasteiger partial charge in [0.25, 0.3) is 0 Å². The van der Waals surface area contributed by atoms with E-state index in [1.165, 1.54) is 141 Å². The molecule has 0 radical (unpaired) electrons. The molecule has 10 heteroatoms. The molecule has 0 aliphatic heterocycles. The number of esters is 2. The number of hydrogen-bond donors (Lipinski definition) is 2. The van der Waals surface area contributed by atoms with Crippen LogP contribution in [-0.2, 0) is 32.7 Å². The van der Waals surface area contributed by atoms with Crippen LogP contribution in [0.15, 0.2) is 85.1 Å². The van der Waals surface area contributed by atoms with Gasteiger partial charge in [0.1, 0.15) is 6.61 Å². The number of nitrogens with two attached hydrogens (primary N) is 1. The Balaban J connectivity index is 3.82. The van der Waals surface area contributed by atoms with Gasteiger partial charge in [-0.3, -0.25) is 18.6 Å². The molecule has 0 aromatic carbocycles. The van der Waals surface area contributed by atoms with Gasteiger partial charge in [0.2, 0.25) is 0 Å². The van der Waals surface area contributed by atoms with E-state index >= 15 is 0 Å². The third-order valence-corrected chi connectivity index (χ3v) is 13.3. The molecule has 71 heavy (non-hydrogen) atoms. The van der Waals surface area contributed by atoms with Gasteiger partial charge < -0.3 is 20.1 Å². The summed E-state index contributed by atoms with van der Waals surface area (Å²) in [5, 5.41) is 0. The van der Waals surface area contributed by atoms with E-state index in [9.17, 15) is 19.0 Å². The molecule has 0 saturated heterocycles. The van der Waals surface area contributed by atoms with Crippen molar-refractivity contribution < 1.29 is 37.6 Å². The van der Waals surface area contributed by atoms with E-state index in [-0.39, 0.29) is 38.6 Å². The number of ether oxygens (including phenoxy) is 2. The number of hydrogen-bond acceptors (Lipinski definition) is 8. The molecule has 0 fully saturated rings. The third kappa shape index (κ3) is 56.3. The average Bonchev–Trinajstić information content (AvgIpc) is 3.36. The van der Waals surface area contributed by atoms with Crippen molar-refractivity contribution in [2.75, 3.05) is 26.4 Å². The summed E-state index contributed by atoms with van der Waals surface area (Å²) in [5.74, 6) is -0.822. The number of carbonyl (C=O) groups is 2. The number of unbranched alkanes of at least 4 members (excludes halogenated alkanes) is 27. The minimum Gasteiger partial charge on any atom is -0.462 e. The van der Waals surface area contributed by atoms with E-state index in [0.29, 0.717) is 6.42 Å². The van der Waals surface area contributed by atoms with Crippen LogP contribution in [0.1, 0.15) is 258 Å². The minimum atomic E-state index is -4.38. The van der Waals surface area contributed by atoms with Crippen molar-refractivity contribution in [3.8, 4) is 0 Å². The molecule has 2 unspecified atom stereocenters. The van der Waals surface area contributed by atoms with Gasteiger partial charge in [0, 0.05) is 19.4 Å². The molecule has 9 nitrogen and oxygen atoms in total. The average molecular weight is 1010 g/mol. The number of rotatable bonds is 54. The van der Waals surface area contributed by atoms with Crippen molar-refractivity contribution in [1.29, 1.82) is 0 Å². The summed E-state index contributed by atoms with van der Waals surface area (Å²) in [5.41, 5.74) is 5.37. The predicted molar refractivity (Wildman–Crippen MR) is 302 cm³/mol. The first-order valence-corrected chi connectivity index (χ1v) is 30.6. The first-order valence-electron chi connectivity index (χ1n) is 29.1. The molecule has 0 heterocycles. The summed E-state index contributed by atoms with van der Waals surface area (Å²) in [6, 6.07) is 0. The molecule has 0 aliphatic rings. The Labute approximate surface area is 436 Å². The Kier molecular flexibility index (Phi) is 54.2. The largest absolute Gasteiger partial charge is 0.472 e. The van der Waals surface area contributed by atoms with Crippen LogP contribution in [0.2, 0.25) is 0 Å². The molecule has 410 valence electrons. The maximum Gasteiger partial charge on any atom is 0.472 e. The van der Waals surface area contributed by atoms with Gasteiger partial charge in [0.15, 0.2) is 6.10 Å².